The van der Waals surface area contributed by atoms with Crippen molar-refractivity contribution in [2.75, 3.05) is 19.8 Å². The number of benzene rings is 1. The van der Waals surface area contributed by atoms with Crippen molar-refractivity contribution in [2.45, 2.75) is 6.92 Å². The van der Waals surface area contributed by atoms with E-state index in [0.29, 0.717) is 11.3 Å². The number of carbonyl (C=O) groups excluding carboxylic acids is 3. The zero-order valence-electron chi connectivity index (χ0n) is 11.5. The van der Waals surface area contributed by atoms with Gasteiger partial charge in [-0.2, -0.15) is 0 Å². The van der Waals surface area contributed by atoms with Crippen LogP contribution in [-0.2, 0) is 14.3 Å². The van der Waals surface area contributed by atoms with Gasteiger partial charge in [-0.1, -0.05) is 5.92 Å². The smallest absolute Gasteiger partial charge is 0.344 e. The molecule has 6 heteroatoms. The van der Waals surface area contributed by atoms with Gasteiger partial charge in [-0.3, -0.25) is 9.59 Å². The van der Waals surface area contributed by atoms with Gasteiger partial charge in [-0.25, -0.2) is 4.79 Å². The lowest BCUT2D eigenvalue weighted by molar-refractivity contribution is -0.150. The topological polar surface area (TPSA) is 81.7 Å². The molecular formula is C15H15NO5. The highest BCUT2D eigenvalue weighted by atomic mass is 16.6. The second-order valence-corrected chi connectivity index (χ2v) is 4.01. The molecule has 0 atom stereocenters. The van der Waals surface area contributed by atoms with E-state index in [-0.39, 0.29) is 18.9 Å². The van der Waals surface area contributed by atoms with E-state index in [9.17, 15) is 14.4 Å². The molecule has 0 saturated heterocycles. The van der Waals surface area contributed by atoms with Crippen LogP contribution in [0.4, 0.5) is 0 Å². The maximum atomic E-state index is 11.3. The summed E-state index contributed by atoms with van der Waals surface area (Å²) in [6, 6.07) is 6.33. The Morgan fingerprint density at radius 1 is 1.19 bits per heavy atom. The summed E-state index contributed by atoms with van der Waals surface area (Å²) in [5, 5.41) is 2.35. The summed E-state index contributed by atoms with van der Waals surface area (Å²) in [4.78, 5) is 33.6. The Bertz CT molecular complexity index is 556. The number of rotatable bonds is 7. The molecule has 0 aliphatic rings. The number of Topliss-reactive ketones (excluding diaryl/α,β-unsaturated/α-hetero) is 1. The summed E-state index contributed by atoms with van der Waals surface area (Å²) in [6.45, 7) is 0.794. The zero-order valence-corrected chi connectivity index (χ0v) is 11.5. The number of nitrogens with one attached hydrogen (secondary N) is 1. The molecule has 1 rings (SSSR count). The molecule has 6 nitrogen and oxygen atoms in total. The molecule has 0 saturated carbocycles. The Balaban J connectivity index is 2.31. The van der Waals surface area contributed by atoms with Crippen LogP contribution in [0.5, 0.6) is 5.75 Å². The van der Waals surface area contributed by atoms with Crippen LogP contribution in [0.2, 0.25) is 0 Å². The number of ketones is 1. The first-order chi connectivity index (χ1) is 10.0. The number of hydrogen-bond acceptors (Lipinski definition) is 5. The van der Waals surface area contributed by atoms with Gasteiger partial charge in [0.15, 0.2) is 19.0 Å². The maximum Gasteiger partial charge on any atom is 0.344 e. The van der Waals surface area contributed by atoms with E-state index in [4.69, 9.17) is 11.2 Å². The van der Waals surface area contributed by atoms with Crippen molar-refractivity contribution in [2.24, 2.45) is 0 Å². The summed E-state index contributed by atoms with van der Waals surface area (Å²) in [6.07, 6.45) is 4.96. The summed E-state index contributed by atoms with van der Waals surface area (Å²) >= 11 is 0. The Hall–Kier alpha value is -2.81. The predicted octanol–water partition coefficient (Wildman–Crippen LogP) is 0.561. The second-order valence-electron chi connectivity index (χ2n) is 4.01. The molecule has 1 aromatic rings. The van der Waals surface area contributed by atoms with Crippen LogP contribution in [0.1, 0.15) is 17.3 Å². The number of terminal acetylenes is 1. The number of esters is 1. The molecule has 21 heavy (non-hydrogen) atoms. The molecule has 0 heterocycles. The lowest BCUT2D eigenvalue weighted by Gasteiger charge is -2.07. The van der Waals surface area contributed by atoms with Crippen molar-refractivity contribution in [1.82, 2.24) is 5.32 Å². The molecule has 0 fully saturated rings. The molecule has 0 aromatic heterocycles. The van der Waals surface area contributed by atoms with Crippen molar-refractivity contribution in [1.29, 1.82) is 0 Å². The molecular weight excluding hydrogens is 274 g/mol. The molecule has 0 radical (unpaired) electrons. The maximum absolute atomic E-state index is 11.3. The fourth-order valence-electron chi connectivity index (χ4n) is 1.32. The van der Waals surface area contributed by atoms with Gasteiger partial charge in [-0.05, 0) is 31.2 Å². The van der Waals surface area contributed by atoms with Crippen LogP contribution in [0.25, 0.3) is 0 Å². The zero-order chi connectivity index (χ0) is 15.7. The van der Waals surface area contributed by atoms with Crippen molar-refractivity contribution in [3.8, 4) is 18.1 Å². The lowest BCUT2D eigenvalue weighted by Crippen LogP contribution is -2.30. The monoisotopic (exact) mass is 289 g/mol. The van der Waals surface area contributed by atoms with E-state index in [1.54, 1.807) is 24.3 Å². The first kappa shape index (κ1) is 16.2. The van der Waals surface area contributed by atoms with Crippen LogP contribution in [-0.4, -0.2) is 37.4 Å². The lowest BCUT2D eigenvalue weighted by atomic mass is 10.1. The summed E-state index contributed by atoms with van der Waals surface area (Å²) in [5.41, 5.74) is 0.551. The fourth-order valence-corrected chi connectivity index (χ4v) is 1.32. The van der Waals surface area contributed by atoms with E-state index in [1.165, 1.54) is 6.92 Å². The van der Waals surface area contributed by atoms with E-state index in [2.05, 4.69) is 16.0 Å². The number of hydrogen-bond donors (Lipinski definition) is 1. The van der Waals surface area contributed by atoms with Crippen LogP contribution in [0, 0.1) is 12.3 Å². The van der Waals surface area contributed by atoms with Gasteiger partial charge in [0.05, 0.1) is 6.54 Å². The Morgan fingerprint density at radius 3 is 2.43 bits per heavy atom. The summed E-state index contributed by atoms with van der Waals surface area (Å²) in [7, 11) is 0. The van der Waals surface area contributed by atoms with Crippen LogP contribution in [0.15, 0.2) is 24.3 Å². The molecule has 1 aromatic carbocycles. The predicted molar refractivity (Wildman–Crippen MR) is 74.7 cm³/mol. The van der Waals surface area contributed by atoms with Crippen molar-refractivity contribution < 1.29 is 23.9 Å². The standard InChI is InChI=1S/C15H15NO5/c1-3-8-16-14(18)9-21-15(19)10-20-13-6-4-12(5-7-13)11(2)17/h1,4-7H,8-10H2,2H3,(H,16,18). The highest BCUT2D eigenvalue weighted by Gasteiger charge is 2.08. The quantitative estimate of drug-likeness (QED) is 0.450. The van der Waals surface area contributed by atoms with Gasteiger partial charge in [0.25, 0.3) is 5.91 Å². The number of carbonyl (C=O) groups is 3. The average molecular weight is 289 g/mol. The number of amides is 1. The van der Waals surface area contributed by atoms with Crippen molar-refractivity contribution in [3.63, 3.8) is 0 Å². The third-order valence-electron chi connectivity index (χ3n) is 2.37. The first-order valence-electron chi connectivity index (χ1n) is 6.12. The third-order valence-corrected chi connectivity index (χ3v) is 2.37. The molecule has 110 valence electrons. The van der Waals surface area contributed by atoms with E-state index in [0.717, 1.165) is 0 Å². The molecule has 1 amide bonds. The minimum atomic E-state index is -0.679. The average Bonchev–Trinajstić information content (AvgIpc) is 2.49. The molecule has 0 aliphatic heterocycles. The van der Waals surface area contributed by atoms with Gasteiger partial charge >= 0.3 is 5.97 Å². The van der Waals surface area contributed by atoms with Gasteiger partial charge in [0, 0.05) is 5.56 Å². The third kappa shape index (κ3) is 6.25. The molecule has 0 bridgehead atoms. The summed E-state index contributed by atoms with van der Waals surface area (Å²) < 4.78 is 9.85. The summed E-state index contributed by atoms with van der Waals surface area (Å²) in [5.74, 6) is 1.43. The van der Waals surface area contributed by atoms with E-state index >= 15 is 0 Å². The van der Waals surface area contributed by atoms with Gasteiger partial charge in [-0.15, -0.1) is 6.42 Å². The normalized spacial score (nSPS) is 9.33. The van der Waals surface area contributed by atoms with Crippen molar-refractivity contribution in [3.05, 3.63) is 29.8 Å². The minimum absolute atomic E-state index is 0.0565. The highest BCUT2D eigenvalue weighted by molar-refractivity contribution is 5.94. The Kier molecular flexibility index (Phi) is 6.48. The minimum Gasteiger partial charge on any atom is -0.482 e. The van der Waals surface area contributed by atoms with Crippen LogP contribution >= 0.6 is 0 Å². The Morgan fingerprint density at radius 2 is 1.86 bits per heavy atom. The van der Waals surface area contributed by atoms with E-state index < -0.39 is 18.5 Å². The van der Waals surface area contributed by atoms with E-state index in [1.807, 2.05) is 0 Å². The largest absolute Gasteiger partial charge is 0.482 e. The SMILES string of the molecule is C#CCNC(=O)COC(=O)COc1ccc(C(C)=O)cc1. The fraction of sp³-hybridized carbons (Fsp3) is 0.267. The van der Waals surface area contributed by atoms with Crippen LogP contribution in [0.3, 0.4) is 0 Å². The van der Waals surface area contributed by atoms with Gasteiger partial charge in [0.2, 0.25) is 0 Å². The molecule has 0 spiro atoms. The molecule has 0 aliphatic carbocycles. The van der Waals surface area contributed by atoms with Gasteiger partial charge in [0.1, 0.15) is 5.75 Å². The van der Waals surface area contributed by atoms with Gasteiger partial charge < -0.3 is 14.8 Å². The number of ether oxygens (including phenoxy) is 2. The second kappa shape index (κ2) is 8.38. The molecule has 1 N–H and O–H groups in total. The highest BCUT2D eigenvalue weighted by Crippen LogP contribution is 2.12. The first-order valence-corrected chi connectivity index (χ1v) is 6.12. The molecule has 0 unspecified atom stereocenters. The Labute approximate surface area is 122 Å². The van der Waals surface area contributed by atoms with Crippen LogP contribution < -0.4 is 10.1 Å². The van der Waals surface area contributed by atoms with Crippen molar-refractivity contribution >= 4 is 17.7 Å².